The molecular weight excluding hydrogens is 275 g/mol. The molecule has 0 unspecified atom stereocenters. The van der Waals surface area contributed by atoms with Crippen molar-refractivity contribution in [3.05, 3.63) is 64.4 Å². The van der Waals surface area contributed by atoms with Crippen molar-refractivity contribution in [1.82, 2.24) is 4.57 Å². The van der Waals surface area contributed by atoms with Crippen molar-refractivity contribution >= 4 is 22.7 Å². The van der Waals surface area contributed by atoms with E-state index in [2.05, 4.69) is 5.32 Å². The Bertz CT molecular complexity index is 895. The van der Waals surface area contributed by atoms with E-state index in [4.69, 9.17) is 4.42 Å². The molecule has 0 saturated heterocycles. The summed E-state index contributed by atoms with van der Waals surface area (Å²) in [5.74, 6) is -1.32. The second kappa shape index (κ2) is 4.90. The number of hydrogen-bond donors (Lipinski definition) is 1. The molecule has 1 N–H and O–H groups in total. The minimum atomic E-state index is -0.493. The van der Waals surface area contributed by atoms with Gasteiger partial charge >= 0.3 is 5.76 Å². The summed E-state index contributed by atoms with van der Waals surface area (Å²) in [6.45, 7) is 0. The Labute approximate surface area is 118 Å². The summed E-state index contributed by atoms with van der Waals surface area (Å²) < 4.78 is 19.4. The second-order valence-corrected chi connectivity index (χ2v) is 4.57. The summed E-state index contributed by atoms with van der Waals surface area (Å²) in [6.07, 6.45) is 0. The molecule has 106 valence electrons. The van der Waals surface area contributed by atoms with Gasteiger partial charge in [0.1, 0.15) is 5.82 Å². The summed E-state index contributed by atoms with van der Waals surface area (Å²) in [7, 11) is 1.56. The lowest BCUT2D eigenvalue weighted by molar-refractivity contribution is 0.102. The van der Waals surface area contributed by atoms with Crippen LogP contribution in [0.3, 0.4) is 0 Å². The molecule has 3 aromatic rings. The van der Waals surface area contributed by atoms with Gasteiger partial charge in [-0.2, -0.15) is 0 Å². The maximum absolute atomic E-state index is 13.1. The average Bonchev–Trinajstić information content (AvgIpc) is 2.74. The van der Waals surface area contributed by atoms with Crippen molar-refractivity contribution in [2.24, 2.45) is 7.05 Å². The van der Waals surface area contributed by atoms with Crippen LogP contribution >= 0.6 is 0 Å². The number of fused-ring (bicyclic) bond motifs is 1. The Kier molecular flexibility index (Phi) is 3.06. The molecule has 0 aliphatic rings. The van der Waals surface area contributed by atoms with Gasteiger partial charge in [0.05, 0.1) is 5.52 Å². The highest BCUT2D eigenvalue weighted by Gasteiger charge is 2.11. The Morgan fingerprint density at radius 1 is 1.24 bits per heavy atom. The molecule has 0 aliphatic carbocycles. The van der Waals surface area contributed by atoms with E-state index in [-0.39, 0.29) is 0 Å². The van der Waals surface area contributed by atoms with Crippen molar-refractivity contribution in [3.8, 4) is 0 Å². The van der Waals surface area contributed by atoms with E-state index in [0.29, 0.717) is 22.4 Å². The first-order chi connectivity index (χ1) is 10.0. The van der Waals surface area contributed by atoms with E-state index in [9.17, 15) is 14.0 Å². The SMILES string of the molecule is Cn1c(=O)oc2ccc(C(=O)Nc3cccc(F)c3)cc21. The average molecular weight is 286 g/mol. The number of hydrogen-bond acceptors (Lipinski definition) is 3. The first kappa shape index (κ1) is 13.1. The van der Waals surface area contributed by atoms with Gasteiger partial charge in [-0.05, 0) is 36.4 Å². The molecular formula is C15H11FN2O3. The molecule has 0 radical (unpaired) electrons. The van der Waals surface area contributed by atoms with Crippen molar-refractivity contribution in [2.75, 3.05) is 5.32 Å². The lowest BCUT2D eigenvalue weighted by atomic mass is 10.2. The van der Waals surface area contributed by atoms with Gasteiger partial charge in [0.2, 0.25) is 0 Å². The number of aryl methyl sites for hydroxylation is 1. The third-order valence-corrected chi connectivity index (χ3v) is 3.14. The van der Waals surface area contributed by atoms with Crippen LogP contribution in [0.25, 0.3) is 11.1 Å². The molecule has 0 fully saturated rings. The molecule has 5 nitrogen and oxygen atoms in total. The van der Waals surface area contributed by atoms with Gasteiger partial charge < -0.3 is 9.73 Å². The quantitative estimate of drug-likeness (QED) is 0.787. The fraction of sp³-hybridized carbons (Fsp3) is 0.0667. The van der Waals surface area contributed by atoms with Crippen molar-refractivity contribution in [1.29, 1.82) is 0 Å². The van der Waals surface area contributed by atoms with Gasteiger partial charge in [-0.3, -0.25) is 9.36 Å². The molecule has 21 heavy (non-hydrogen) atoms. The third kappa shape index (κ3) is 2.43. The molecule has 0 atom stereocenters. The Hall–Kier alpha value is -2.89. The zero-order valence-corrected chi connectivity index (χ0v) is 11.1. The first-order valence-corrected chi connectivity index (χ1v) is 6.21. The standard InChI is InChI=1S/C15H11FN2O3/c1-18-12-7-9(5-6-13(12)21-15(18)20)14(19)17-11-4-2-3-10(16)8-11/h2-8H,1H3,(H,17,19). The smallest absolute Gasteiger partial charge is 0.408 e. The van der Waals surface area contributed by atoms with Gasteiger partial charge in [-0.1, -0.05) is 6.07 Å². The predicted molar refractivity (Wildman–Crippen MR) is 75.8 cm³/mol. The highest BCUT2D eigenvalue weighted by atomic mass is 19.1. The van der Waals surface area contributed by atoms with Crippen LogP contribution in [0.1, 0.15) is 10.4 Å². The zero-order valence-electron chi connectivity index (χ0n) is 11.1. The Balaban J connectivity index is 1.94. The number of oxazole rings is 1. The number of carbonyl (C=O) groups is 1. The molecule has 2 aromatic carbocycles. The molecule has 0 saturated carbocycles. The molecule has 0 aliphatic heterocycles. The summed E-state index contributed by atoms with van der Waals surface area (Å²) in [5, 5.41) is 2.59. The van der Waals surface area contributed by atoms with Gasteiger partial charge in [0.15, 0.2) is 5.58 Å². The van der Waals surface area contributed by atoms with Crippen LogP contribution in [-0.4, -0.2) is 10.5 Å². The lowest BCUT2D eigenvalue weighted by Gasteiger charge is -2.05. The van der Waals surface area contributed by atoms with Gasteiger partial charge in [0, 0.05) is 18.3 Å². The fourth-order valence-corrected chi connectivity index (χ4v) is 2.04. The topological polar surface area (TPSA) is 64.2 Å². The van der Waals surface area contributed by atoms with Gasteiger partial charge in [0.25, 0.3) is 5.91 Å². The molecule has 0 bridgehead atoms. The fourth-order valence-electron chi connectivity index (χ4n) is 2.04. The highest BCUT2D eigenvalue weighted by molar-refractivity contribution is 6.05. The minimum Gasteiger partial charge on any atom is -0.408 e. The van der Waals surface area contributed by atoms with E-state index in [1.807, 2.05) is 0 Å². The number of benzene rings is 2. The summed E-state index contributed by atoms with van der Waals surface area (Å²) >= 11 is 0. The van der Waals surface area contributed by atoms with Crippen LogP contribution in [0.2, 0.25) is 0 Å². The maximum Gasteiger partial charge on any atom is 0.419 e. The zero-order chi connectivity index (χ0) is 15.0. The number of anilines is 1. The monoisotopic (exact) mass is 286 g/mol. The molecule has 6 heteroatoms. The number of aromatic nitrogens is 1. The maximum atomic E-state index is 13.1. The van der Waals surface area contributed by atoms with Gasteiger partial charge in [-0.25, -0.2) is 9.18 Å². The number of halogens is 1. The van der Waals surface area contributed by atoms with E-state index >= 15 is 0 Å². The number of nitrogens with one attached hydrogen (secondary N) is 1. The Morgan fingerprint density at radius 3 is 2.81 bits per heavy atom. The highest BCUT2D eigenvalue weighted by Crippen LogP contribution is 2.16. The number of amides is 1. The summed E-state index contributed by atoms with van der Waals surface area (Å²) in [6, 6.07) is 10.3. The Morgan fingerprint density at radius 2 is 2.05 bits per heavy atom. The second-order valence-electron chi connectivity index (χ2n) is 4.57. The molecule has 1 aromatic heterocycles. The van der Waals surface area contributed by atoms with E-state index in [1.165, 1.54) is 22.8 Å². The van der Waals surface area contributed by atoms with Crippen LogP contribution in [0.4, 0.5) is 10.1 Å². The van der Waals surface area contributed by atoms with Gasteiger partial charge in [-0.15, -0.1) is 0 Å². The van der Waals surface area contributed by atoms with Crippen LogP contribution in [0.15, 0.2) is 51.7 Å². The largest absolute Gasteiger partial charge is 0.419 e. The van der Waals surface area contributed by atoms with Crippen LogP contribution in [0, 0.1) is 5.82 Å². The number of nitrogens with zero attached hydrogens (tertiary/aromatic N) is 1. The lowest BCUT2D eigenvalue weighted by Crippen LogP contribution is -2.12. The van der Waals surface area contributed by atoms with Crippen LogP contribution in [0.5, 0.6) is 0 Å². The molecule has 1 amide bonds. The van der Waals surface area contributed by atoms with Crippen molar-refractivity contribution < 1.29 is 13.6 Å². The molecule has 3 rings (SSSR count). The molecule has 0 spiro atoms. The van der Waals surface area contributed by atoms with Crippen molar-refractivity contribution in [3.63, 3.8) is 0 Å². The predicted octanol–water partition coefficient (Wildman–Crippen LogP) is 2.52. The van der Waals surface area contributed by atoms with Crippen molar-refractivity contribution in [2.45, 2.75) is 0 Å². The third-order valence-electron chi connectivity index (χ3n) is 3.14. The number of carbonyl (C=O) groups excluding carboxylic acids is 1. The summed E-state index contributed by atoms with van der Waals surface area (Å²) in [5.41, 5.74) is 1.64. The molecule has 1 heterocycles. The van der Waals surface area contributed by atoms with E-state index in [0.717, 1.165) is 0 Å². The van der Waals surface area contributed by atoms with E-state index < -0.39 is 17.5 Å². The van der Waals surface area contributed by atoms with Crippen LogP contribution < -0.4 is 11.1 Å². The summed E-state index contributed by atoms with van der Waals surface area (Å²) in [4.78, 5) is 23.5. The minimum absolute atomic E-state index is 0.350. The normalized spacial score (nSPS) is 10.8. The van der Waals surface area contributed by atoms with Crippen LogP contribution in [-0.2, 0) is 7.05 Å². The first-order valence-electron chi connectivity index (χ1n) is 6.21. The number of rotatable bonds is 2. The van der Waals surface area contributed by atoms with E-state index in [1.54, 1.807) is 31.3 Å².